The third-order valence-electron chi connectivity index (χ3n) is 2.48. The number of hydrogen-bond acceptors (Lipinski definition) is 1. The Balaban J connectivity index is 2.57. The van der Waals surface area contributed by atoms with Gasteiger partial charge >= 0.3 is 0 Å². The molecule has 0 amide bonds. The SMILES string of the molecule is O=C(c1ccc(Br)c(Cl)c1F)c1cccc(F)c1Cl. The molecule has 0 N–H and O–H groups in total. The maximum absolute atomic E-state index is 13.9. The van der Waals surface area contributed by atoms with E-state index < -0.39 is 17.4 Å². The van der Waals surface area contributed by atoms with Crippen LogP contribution in [0.15, 0.2) is 34.8 Å². The van der Waals surface area contributed by atoms with Gasteiger partial charge in [-0.05, 0) is 40.2 Å². The minimum Gasteiger partial charge on any atom is -0.288 e. The summed E-state index contributed by atoms with van der Waals surface area (Å²) < 4.78 is 27.5. The minimum absolute atomic E-state index is 0.112. The van der Waals surface area contributed by atoms with Crippen molar-refractivity contribution >= 4 is 44.9 Å². The van der Waals surface area contributed by atoms with Crippen LogP contribution in [0.2, 0.25) is 10.0 Å². The molecule has 2 rings (SSSR count). The van der Waals surface area contributed by atoms with E-state index in [1.807, 2.05) is 0 Å². The first-order valence-electron chi connectivity index (χ1n) is 5.05. The van der Waals surface area contributed by atoms with Crippen molar-refractivity contribution in [3.63, 3.8) is 0 Å². The van der Waals surface area contributed by atoms with Crippen molar-refractivity contribution < 1.29 is 13.6 Å². The van der Waals surface area contributed by atoms with Crippen LogP contribution in [0.1, 0.15) is 15.9 Å². The summed E-state index contributed by atoms with van der Waals surface area (Å²) >= 11 is 14.4. The van der Waals surface area contributed by atoms with E-state index in [-0.39, 0.29) is 21.2 Å². The van der Waals surface area contributed by atoms with Gasteiger partial charge in [0, 0.05) is 10.0 Å². The summed E-state index contributed by atoms with van der Waals surface area (Å²) in [6, 6.07) is 6.46. The number of rotatable bonds is 2. The highest BCUT2D eigenvalue weighted by Crippen LogP contribution is 2.30. The summed E-state index contributed by atoms with van der Waals surface area (Å²) in [4.78, 5) is 12.1. The van der Waals surface area contributed by atoms with Crippen LogP contribution in [-0.4, -0.2) is 5.78 Å². The first-order chi connectivity index (χ1) is 8.93. The van der Waals surface area contributed by atoms with Crippen molar-refractivity contribution in [1.29, 1.82) is 0 Å². The lowest BCUT2D eigenvalue weighted by atomic mass is 10.0. The van der Waals surface area contributed by atoms with Gasteiger partial charge in [-0.1, -0.05) is 29.3 Å². The fourth-order valence-corrected chi connectivity index (χ4v) is 2.21. The number of benzene rings is 2. The third kappa shape index (κ3) is 2.66. The zero-order valence-corrected chi connectivity index (χ0v) is 12.3. The molecule has 6 heteroatoms. The van der Waals surface area contributed by atoms with Crippen molar-refractivity contribution in [3.05, 3.63) is 67.6 Å². The van der Waals surface area contributed by atoms with E-state index >= 15 is 0 Å². The topological polar surface area (TPSA) is 17.1 Å². The van der Waals surface area contributed by atoms with Crippen LogP contribution in [-0.2, 0) is 0 Å². The zero-order chi connectivity index (χ0) is 14.2. The predicted octanol–water partition coefficient (Wildman–Crippen LogP) is 5.27. The molecule has 0 fully saturated rings. The zero-order valence-electron chi connectivity index (χ0n) is 9.18. The molecule has 0 saturated carbocycles. The fraction of sp³-hybridized carbons (Fsp3) is 0. The van der Waals surface area contributed by atoms with Crippen LogP contribution in [0.4, 0.5) is 8.78 Å². The van der Waals surface area contributed by atoms with Crippen LogP contribution in [0.5, 0.6) is 0 Å². The molecule has 0 radical (unpaired) electrons. The molecule has 1 nitrogen and oxygen atoms in total. The van der Waals surface area contributed by atoms with E-state index in [4.69, 9.17) is 23.2 Å². The smallest absolute Gasteiger partial charge is 0.197 e. The number of carbonyl (C=O) groups excluding carboxylic acids is 1. The van der Waals surface area contributed by atoms with Gasteiger partial charge in [0.15, 0.2) is 11.6 Å². The highest BCUT2D eigenvalue weighted by molar-refractivity contribution is 9.10. The molecule has 0 bridgehead atoms. The largest absolute Gasteiger partial charge is 0.288 e. The maximum atomic E-state index is 13.9. The van der Waals surface area contributed by atoms with Gasteiger partial charge in [0.25, 0.3) is 0 Å². The Hall–Kier alpha value is -0.970. The van der Waals surface area contributed by atoms with E-state index in [1.165, 1.54) is 24.3 Å². The van der Waals surface area contributed by atoms with Gasteiger partial charge in [0.1, 0.15) is 5.82 Å². The summed E-state index contributed by atoms with van der Waals surface area (Å²) in [5.41, 5.74) is -0.375. The second kappa shape index (κ2) is 5.57. The van der Waals surface area contributed by atoms with E-state index in [0.717, 1.165) is 6.07 Å². The van der Waals surface area contributed by atoms with Crippen LogP contribution < -0.4 is 0 Å². The second-order valence-electron chi connectivity index (χ2n) is 3.65. The summed E-state index contributed by atoms with van der Waals surface area (Å²) in [6.45, 7) is 0. The summed E-state index contributed by atoms with van der Waals surface area (Å²) in [6.07, 6.45) is 0. The molecular formula is C13H5BrCl2F2O. The Morgan fingerprint density at radius 3 is 2.37 bits per heavy atom. The van der Waals surface area contributed by atoms with Crippen molar-refractivity contribution in [2.45, 2.75) is 0 Å². The quantitative estimate of drug-likeness (QED) is 0.523. The van der Waals surface area contributed by atoms with Crippen molar-refractivity contribution in [2.75, 3.05) is 0 Å². The molecule has 2 aromatic rings. The Labute approximate surface area is 126 Å². The lowest BCUT2D eigenvalue weighted by molar-refractivity contribution is 0.103. The standard InChI is InChI=1S/C13H5BrCl2F2O/c14-8-5-4-7(12(18)11(8)16)13(19)6-2-1-3-9(17)10(6)15/h1-5H. The molecule has 0 saturated heterocycles. The molecule has 0 aliphatic rings. The number of halogens is 5. The molecule has 0 aliphatic carbocycles. The van der Waals surface area contributed by atoms with Gasteiger partial charge in [0.05, 0.1) is 15.6 Å². The van der Waals surface area contributed by atoms with Gasteiger partial charge in [-0.3, -0.25) is 4.79 Å². The average molecular weight is 366 g/mol. The van der Waals surface area contributed by atoms with Crippen LogP contribution in [0.25, 0.3) is 0 Å². The normalized spacial score (nSPS) is 10.6. The first kappa shape index (κ1) is 14.4. The number of ketones is 1. The Kier molecular flexibility index (Phi) is 4.23. The maximum Gasteiger partial charge on any atom is 0.197 e. The van der Waals surface area contributed by atoms with E-state index in [0.29, 0.717) is 4.47 Å². The molecule has 0 spiro atoms. The fourth-order valence-electron chi connectivity index (χ4n) is 1.53. The van der Waals surface area contributed by atoms with Crippen LogP contribution in [0, 0.1) is 11.6 Å². The van der Waals surface area contributed by atoms with Crippen molar-refractivity contribution in [2.24, 2.45) is 0 Å². The van der Waals surface area contributed by atoms with E-state index in [2.05, 4.69) is 15.9 Å². The van der Waals surface area contributed by atoms with Gasteiger partial charge in [-0.2, -0.15) is 0 Å². The number of hydrogen-bond donors (Lipinski definition) is 0. The lowest BCUT2D eigenvalue weighted by Gasteiger charge is -2.07. The first-order valence-corrected chi connectivity index (χ1v) is 6.60. The summed E-state index contributed by atoms with van der Waals surface area (Å²) in [7, 11) is 0. The van der Waals surface area contributed by atoms with Crippen LogP contribution >= 0.6 is 39.1 Å². The highest BCUT2D eigenvalue weighted by atomic mass is 79.9. The molecule has 19 heavy (non-hydrogen) atoms. The van der Waals surface area contributed by atoms with Crippen molar-refractivity contribution in [1.82, 2.24) is 0 Å². The van der Waals surface area contributed by atoms with Crippen LogP contribution in [0.3, 0.4) is 0 Å². The Morgan fingerprint density at radius 1 is 1.00 bits per heavy atom. The third-order valence-corrected chi connectivity index (χ3v) is 4.12. The average Bonchev–Trinajstić information content (AvgIpc) is 2.39. The van der Waals surface area contributed by atoms with Crippen molar-refractivity contribution in [3.8, 4) is 0 Å². The number of carbonyl (C=O) groups is 1. The molecule has 98 valence electrons. The molecule has 0 atom stereocenters. The van der Waals surface area contributed by atoms with E-state index in [9.17, 15) is 13.6 Å². The Bertz CT molecular complexity index is 674. The molecule has 0 heterocycles. The lowest BCUT2D eigenvalue weighted by Crippen LogP contribution is -2.06. The molecular weight excluding hydrogens is 361 g/mol. The molecule has 0 aliphatic heterocycles. The van der Waals surface area contributed by atoms with Gasteiger partial charge < -0.3 is 0 Å². The van der Waals surface area contributed by atoms with Gasteiger partial charge in [0.2, 0.25) is 0 Å². The minimum atomic E-state index is -0.874. The monoisotopic (exact) mass is 364 g/mol. The Morgan fingerprint density at radius 2 is 1.68 bits per heavy atom. The molecule has 0 unspecified atom stereocenters. The van der Waals surface area contributed by atoms with Gasteiger partial charge in [-0.15, -0.1) is 0 Å². The van der Waals surface area contributed by atoms with E-state index in [1.54, 1.807) is 0 Å². The summed E-state index contributed by atoms with van der Waals surface area (Å²) in [5, 5.41) is -0.552. The molecule has 2 aromatic carbocycles. The molecule has 0 aromatic heterocycles. The summed E-state index contributed by atoms with van der Waals surface area (Å²) in [5.74, 6) is -2.34. The second-order valence-corrected chi connectivity index (χ2v) is 5.26. The predicted molar refractivity (Wildman–Crippen MR) is 74.0 cm³/mol. The highest BCUT2D eigenvalue weighted by Gasteiger charge is 2.21. The van der Waals surface area contributed by atoms with Gasteiger partial charge in [-0.25, -0.2) is 8.78 Å².